The van der Waals surface area contributed by atoms with Crippen LogP contribution in [0.25, 0.3) is 11.2 Å². The number of H-pyrrole nitrogens is 2. The number of hydrogen-bond donors (Lipinski definition) is 2. The smallest absolute Gasteiger partial charge is 0.329 e. The van der Waals surface area contributed by atoms with Crippen LogP contribution in [0.3, 0.4) is 0 Å². The number of imidazole rings is 1. The fourth-order valence-corrected chi connectivity index (χ4v) is 2.01. The van der Waals surface area contributed by atoms with Gasteiger partial charge in [-0.2, -0.15) is 0 Å². The van der Waals surface area contributed by atoms with Crippen LogP contribution in [0.1, 0.15) is 19.7 Å². The molecule has 0 amide bonds. The van der Waals surface area contributed by atoms with E-state index < -0.39 is 25.8 Å². The van der Waals surface area contributed by atoms with E-state index in [2.05, 4.69) is 15.0 Å². The maximum Gasteiger partial charge on any atom is 0.329 e. The van der Waals surface area contributed by atoms with Gasteiger partial charge in [-0.1, -0.05) is 0 Å². The third kappa shape index (κ3) is 1.89. The summed E-state index contributed by atoms with van der Waals surface area (Å²) in [7, 11) is -1.99. The Morgan fingerprint density at radius 1 is 1.21 bits per heavy atom. The maximum atomic E-state index is 11.8. The minimum absolute atomic E-state index is 0.0776. The summed E-state index contributed by atoms with van der Waals surface area (Å²) in [6.07, 6.45) is 1.09. The fraction of sp³-hybridized carbons (Fsp3) is 0.500. The van der Waals surface area contributed by atoms with E-state index in [9.17, 15) is 18.0 Å². The van der Waals surface area contributed by atoms with Gasteiger partial charge in [0.25, 0.3) is 5.56 Å². The number of aryl methyl sites for hydroxylation is 1. The van der Waals surface area contributed by atoms with Crippen LogP contribution in [-0.2, 0) is 21.6 Å². The van der Waals surface area contributed by atoms with Gasteiger partial charge in [0.1, 0.15) is 16.1 Å². The van der Waals surface area contributed by atoms with E-state index in [1.807, 2.05) is 0 Å². The molecule has 0 bridgehead atoms. The maximum absolute atomic E-state index is 11.8. The average molecular weight is 286 g/mol. The minimum atomic E-state index is -3.43. The Morgan fingerprint density at radius 2 is 1.79 bits per heavy atom. The molecule has 0 saturated carbocycles. The number of nitrogens with zero attached hydrogens (tertiary/aromatic N) is 2. The van der Waals surface area contributed by atoms with E-state index in [0.717, 1.165) is 10.8 Å². The molecule has 2 aromatic heterocycles. The Kier molecular flexibility index (Phi) is 2.70. The molecule has 19 heavy (non-hydrogen) atoms. The van der Waals surface area contributed by atoms with Gasteiger partial charge in [0.05, 0.1) is 0 Å². The highest BCUT2D eigenvalue weighted by atomic mass is 32.2. The number of fused-ring (bicyclic) bond motifs is 1. The summed E-state index contributed by atoms with van der Waals surface area (Å²) < 4.78 is 23.4. The zero-order valence-electron chi connectivity index (χ0n) is 10.9. The lowest BCUT2D eigenvalue weighted by Gasteiger charge is -2.19. The van der Waals surface area contributed by atoms with Crippen LogP contribution < -0.4 is 11.2 Å². The van der Waals surface area contributed by atoms with Crippen molar-refractivity contribution in [3.63, 3.8) is 0 Å². The molecule has 0 aliphatic heterocycles. The molecule has 0 unspecified atom stereocenters. The van der Waals surface area contributed by atoms with Crippen molar-refractivity contribution in [3.8, 4) is 0 Å². The number of aromatic amines is 2. The minimum Gasteiger partial charge on any atom is -0.335 e. The van der Waals surface area contributed by atoms with Crippen LogP contribution in [0.4, 0.5) is 0 Å². The average Bonchev–Trinajstić information content (AvgIpc) is 2.70. The van der Waals surface area contributed by atoms with Crippen LogP contribution in [0.15, 0.2) is 9.59 Å². The first-order valence-corrected chi connectivity index (χ1v) is 7.34. The lowest BCUT2D eigenvalue weighted by molar-refractivity contribution is 0.552. The molecule has 2 aromatic rings. The summed E-state index contributed by atoms with van der Waals surface area (Å²) in [4.78, 5) is 32.0. The molecular formula is C10H14N4O4S. The number of hydrogen-bond acceptors (Lipinski definition) is 5. The highest BCUT2D eigenvalue weighted by Crippen LogP contribution is 2.27. The SMILES string of the molecule is Cn1c(=O)[nH]c(=O)c2[nH]c(C(C)(C)S(C)(=O)=O)nc21. The highest BCUT2D eigenvalue weighted by Gasteiger charge is 2.36. The van der Waals surface area contributed by atoms with Crippen molar-refractivity contribution in [3.05, 3.63) is 26.7 Å². The van der Waals surface area contributed by atoms with Crippen molar-refractivity contribution in [1.29, 1.82) is 0 Å². The van der Waals surface area contributed by atoms with E-state index in [1.54, 1.807) is 0 Å². The summed E-state index contributed by atoms with van der Waals surface area (Å²) in [5.74, 6) is 0.122. The van der Waals surface area contributed by atoms with E-state index in [0.29, 0.717) is 0 Å². The molecule has 2 rings (SSSR count). The van der Waals surface area contributed by atoms with Crippen LogP contribution in [0, 0.1) is 0 Å². The van der Waals surface area contributed by atoms with Gasteiger partial charge in [0.15, 0.2) is 15.5 Å². The van der Waals surface area contributed by atoms with Crippen molar-refractivity contribution in [1.82, 2.24) is 19.5 Å². The predicted octanol–water partition coefficient (Wildman–Crippen LogP) is -0.770. The Morgan fingerprint density at radius 3 is 2.32 bits per heavy atom. The van der Waals surface area contributed by atoms with E-state index in [1.165, 1.54) is 20.9 Å². The van der Waals surface area contributed by atoms with E-state index in [-0.39, 0.29) is 17.0 Å². The van der Waals surface area contributed by atoms with Gasteiger partial charge in [-0.15, -0.1) is 0 Å². The van der Waals surface area contributed by atoms with Gasteiger partial charge in [0, 0.05) is 13.3 Å². The van der Waals surface area contributed by atoms with Gasteiger partial charge in [-0.05, 0) is 13.8 Å². The second-order valence-electron chi connectivity index (χ2n) is 4.88. The molecule has 0 aliphatic rings. The van der Waals surface area contributed by atoms with Crippen molar-refractivity contribution in [2.45, 2.75) is 18.6 Å². The number of nitrogens with one attached hydrogen (secondary N) is 2. The number of sulfone groups is 1. The van der Waals surface area contributed by atoms with Gasteiger partial charge < -0.3 is 4.98 Å². The van der Waals surface area contributed by atoms with Crippen molar-refractivity contribution in [2.24, 2.45) is 7.05 Å². The molecule has 0 atom stereocenters. The summed E-state index contributed by atoms with van der Waals surface area (Å²) in [6, 6.07) is 0. The molecule has 8 nitrogen and oxygen atoms in total. The second-order valence-corrected chi connectivity index (χ2v) is 7.45. The molecule has 2 N–H and O–H groups in total. The summed E-state index contributed by atoms with van der Waals surface area (Å²) in [5.41, 5.74) is -1.02. The first kappa shape index (κ1) is 13.5. The molecule has 0 fully saturated rings. The molecule has 104 valence electrons. The zero-order valence-corrected chi connectivity index (χ0v) is 11.8. The molecular weight excluding hydrogens is 272 g/mol. The first-order chi connectivity index (χ1) is 8.55. The molecule has 2 heterocycles. The Bertz CT molecular complexity index is 869. The Hall–Kier alpha value is -1.90. The standard InChI is InChI=1S/C10H14N4O4S/c1-10(2,19(4,17)18)8-11-5-6(12-8)14(3)9(16)13-7(5)15/h1-4H3,(H,11,12)(H,13,15,16). The Balaban J connectivity index is 2.88. The van der Waals surface area contributed by atoms with Crippen molar-refractivity contribution >= 4 is 21.0 Å². The normalized spacial score (nSPS) is 13.1. The monoisotopic (exact) mass is 286 g/mol. The van der Waals surface area contributed by atoms with Crippen LogP contribution in [-0.4, -0.2) is 34.2 Å². The van der Waals surface area contributed by atoms with Crippen LogP contribution >= 0.6 is 0 Å². The largest absolute Gasteiger partial charge is 0.335 e. The van der Waals surface area contributed by atoms with Crippen LogP contribution in [0.5, 0.6) is 0 Å². The summed E-state index contributed by atoms with van der Waals surface area (Å²) >= 11 is 0. The third-order valence-electron chi connectivity index (χ3n) is 3.25. The molecule has 0 spiro atoms. The van der Waals surface area contributed by atoms with Gasteiger partial charge in [-0.3, -0.25) is 14.3 Å². The molecule has 0 aliphatic carbocycles. The third-order valence-corrected chi connectivity index (χ3v) is 5.30. The molecule has 0 saturated heterocycles. The van der Waals surface area contributed by atoms with Gasteiger partial charge in [0.2, 0.25) is 0 Å². The lowest BCUT2D eigenvalue weighted by atomic mass is 10.2. The van der Waals surface area contributed by atoms with Crippen LogP contribution in [0.2, 0.25) is 0 Å². The molecule has 9 heteroatoms. The van der Waals surface area contributed by atoms with Gasteiger partial charge in [-0.25, -0.2) is 18.2 Å². The van der Waals surface area contributed by atoms with Gasteiger partial charge >= 0.3 is 5.69 Å². The van der Waals surface area contributed by atoms with E-state index >= 15 is 0 Å². The first-order valence-electron chi connectivity index (χ1n) is 5.45. The number of aromatic nitrogens is 4. The summed E-state index contributed by atoms with van der Waals surface area (Å²) in [6.45, 7) is 2.96. The molecule has 0 aromatic carbocycles. The highest BCUT2D eigenvalue weighted by molar-refractivity contribution is 7.91. The predicted molar refractivity (Wildman–Crippen MR) is 69.8 cm³/mol. The Labute approximate surface area is 108 Å². The second kappa shape index (κ2) is 3.80. The topological polar surface area (TPSA) is 118 Å². The van der Waals surface area contributed by atoms with E-state index in [4.69, 9.17) is 0 Å². The zero-order chi connectivity index (χ0) is 14.6. The lowest BCUT2D eigenvalue weighted by Crippen LogP contribution is -2.29. The molecule has 0 radical (unpaired) electrons. The quantitative estimate of drug-likeness (QED) is 0.751. The van der Waals surface area contributed by atoms with Crippen molar-refractivity contribution in [2.75, 3.05) is 6.26 Å². The summed E-state index contributed by atoms with van der Waals surface area (Å²) in [5, 5.41) is 0. The van der Waals surface area contributed by atoms with Crippen molar-refractivity contribution < 1.29 is 8.42 Å². The fourth-order valence-electron chi connectivity index (χ4n) is 1.57. The number of rotatable bonds is 2.